The smallest absolute Gasteiger partial charge is 0.387 e. The number of halogens is 2. The first-order valence-electron chi connectivity index (χ1n) is 7.57. The van der Waals surface area contributed by atoms with E-state index < -0.39 is 18.5 Å². The lowest BCUT2D eigenvalue weighted by Crippen LogP contribution is -2.30. The molecule has 2 aromatic rings. The normalized spacial score (nSPS) is 10.5. The van der Waals surface area contributed by atoms with Crippen molar-refractivity contribution in [3.8, 4) is 11.5 Å². The standard InChI is InChI=1S/C17H17F2NO5S/c1-23-14-8-11(2-3-13(14)25-17(18)19)4-6-20-15(21)9-24-16(22)12-5-7-26-10-12/h2-3,5,7-8,10,17H,4,6,9H2,1H3,(H,20,21). The molecule has 9 heteroatoms. The van der Waals surface area contributed by atoms with E-state index in [2.05, 4.69) is 10.1 Å². The van der Waals surface area contributed by atoms with Gasteiger partial charge in [0.1, 0.15) is 0 Å². The van der Waals surface area contributed by atoms with E-state index in [9.17, 15) is 18.4 Å². The molecule has 0 atom stereocenters. The average Bonchev–Trinajstić information content (AvgIpc) is 3.15. The Labute approximate surface area is 152 Å². The fraction of sp³-hybridized carbons (Fsp3) is 0.294. The molecule has 0 fully saturated rings. The first kappa shape index (κ1) is 19.6. The number of nitrogens with one attached hydrogen (secondary N) is 1. The lowest BCUT2D eigenvalue weighted by Gasteiger charge is -2.11. The summed E-state index contributed by atoms with van der Waals surface area (Å²) in [4.78, 5) is 23.3. The summed E-state index contributed by atoms with van der Waals surface area (Å²) in [6, 6.07) is 6.15. The van der Waals surface area contributed by atoms with Gasteiger partial charge in [0.15, 0.2) is 18.1 Å². The summed E-state index contributed by atoms with van der Waals surface area (Å²) in [6.07, 6.45) is 0.440. The average molecular weight is 385 g/mol. The largest absolute Gasteiger partial charge is 0.493 e. The van der Waals surface area contributed by atoms with Crippen molar-refractivity contribution >= 4 is 23.2 Å². The van der Waals surface area contributed by atoms with Gasteiger partial charge in [-0.15, -0.1) is 0 Å². The number of ether oxygens (including phenoxy) is 3. The van der Waals surface area contributed by atoms with Gasteiger partial charge in [-0.25, -0.2) is 4.79 Å². The third kappa shape index (κ3) is 5.99. The molecule has 1 heterocycles. The van der Waals surface area contributed by atoms with E-state index in [0.717, 1.165) is 5.56 Å². The van der Waals surface area contributed by atoms with E-state index in [0.29, 0.717) is 12.0 Å². The van der Waals surface area contributed by atoms with Crippen molar-refractivity contribution in [1.29, 1.82) is 0 Å². The molecule has 0 aliphatic heterocycles. The maximum Gasteiger partial charge on any atom is 0.387 e. The van der Waals surface area contributed by atoms with E-state index in [4.69, 9.17) is 9.47 Å². The Morgan fingerprint density at radius 3 is 2.69 bits per heavy atom. The highest BCUT2D eigenvalue weighted by Gasteiger charge is 2.12. The highest BCUT2D eigenvalue weighted by atomic mass is 32.1. The van der Waals surface area contributed by atoms with Crippen molar-refractivity contribution in [1.82, 2.24) is 5.32 Å². The van der Waals surface area contributed by atoms with Crippen LogP contribution in [0.2, 0.25) is 0 Å². The van der Waals surface area contributed by atoms with E-state index in [1.807, 2.05) is 0 Å². The summed E-state index contributed by atoms with van der Waals surface area (Å²) in [7, 11) is 1.35. The van der Waals surface area contributed by atoms with E-state index in [1.54, 1.807) is 29.0 Å². The van der Waals surface area contributed by atoms with Crippen LogP contribution in [0.1, 0.15) is 15.9 Å². The molecule has 0 spiro atoms. The predicted octanol–water partition coefficient (Wildman–Crippen LogP) is 2.87. The second-order valence-corrected chi connectivity index (χ2v) is 5.83. The zero-order chi connectivity index (χ0) is 18.9. The third-order valence-corrected chi connectivity index (χ3v) is 3.95. The molecule has 0 aliphatic carbocycles. The number of carbonyl (C=O) groups is 2. The molecule has 1 N–H and O–H groups in total. The molecular weight excluding hydrogens is 368 g/mol. The zero-order valence-corrected chi connectivity index (χ0v) is 14.7. The van der Waals surface area contributed by atoms with Gasteiger partial charge in [0.05, 0.1) is 12.7 Å². The molecule has 1 aromatic heterocycles. The molecule has 0 saturated carbocycles. The Balaban J connectivity index is 1.76. The summed E-state index contributed by atoms with van der Waals surface area (Å²) in [5.74, 6) is -0.867. The number of alkyl halides is 2. The van der Waals surface area contributed by atoms with Crippen molar-refractivity contribution in [3.63, 3.8) is 0 Å². The van der Waals surface area contributed by atoms with Crippen LogP contribution in [0.15, 0.2) is 35.0 Å². The fourth-order valence-corrected chi connectivity index (χ4v) is 2.68. The summed E-state index contributed by atoms with van der Waals surface area (Å²) in [5.41, 5.74) is 1.17. The lowest BCUT2D eigenvalue weighted by molar-refractivity contribution is -0.124. The molecule has 0 aliphatic rings. The van der Waals surface area contributed by atoms with E-state index >= 15 is 0 Å². The molecule has 1 aromatic carbocycles. The number of esters is 1. The van der Waals surface area contributed by atoms with Crippen LogP contribution in [0.5, 0.6) is 11.5 Å². The molecule has 140 valence electrons. The van der Waals surface area contributed by atoms with Gasteiger partial charge >= 0.3 is 12.6 Å². The molecule has 0 bridgehead atoms. The topological polar surface area (TPSA) is 73.9 Å². The molecule has 6 nitrogen and oxygen atoms in total. The number of thiophene rings is 1. The van der Waals surface area contributed by atoms with Crippen LogP contribution in [-0.4, -0.2) is 38.7 Å². The molecule has 0 radical (unpaired) electrons. The number of hydrogen-bond donors (Lipinski definition) is 1. The van der Waals surface area contributed by atoms with E-state index in [1.165, 1.54) is 24.5 Å². The van der Waals surface area contributed by atoms with Crippen LogP contribution >= 0.6 is 11.3 Å². The molecule has 0 unspecified atom stereocenters. The minimum atomic E-state index is -2.94. The van der Waals surface area contributed by atoms with Crippen LogP contribution in [-0.2, 0) is 16.0 Å². The van der Waals surface area contributed by atoms with Gasteiger partial charge < -0.3 is 19.5 Å². The first-order chi connectivity index (χ1) is 12.5. The summed E-state index contributed by atoms with van der Waals surface area (Å²) in [6.45, 7) is -3.03. The van der Waals surface area contributed by atoms with Gasteiger partial charge in [0, 0.05) is 11.9 Å². The number of rotatable bonds is 9. The maximum atomic E-state index is 12.3. The highest BCUT2D eigenvalue weighted by molar-refractivity contribution is 7.08. The third-order valence-electron chi connectivity index (χ3n) is 3.27. The van der Waals surface area contributed by atoms with Crippen molar-refractivity contribution in [2.75, 3.05) is 20.3 Å². The molecule has 2 rings (SSSR count). The first-order valence-corrected chi connectivity index (χ1v) is 8.51. The summed E-state index contributed by atoms with van der Waals surface area (Å²) >= 11 is 1.36. The van der Waals surface area contributed by atoms with Crippen molar-refractivity contribution in [2.45, 2.75) is 13.0 Å². The number of hydrogen-bond acceptors (Lipinski definition) is 6. The molecule has 26 heavy (non-hydrogen) atoms. The maximum absolute atomic E-state index is 12.3. The Bertz CT molecular complexity index is 737. The van der Waals surface area contributed by atoms with Crippen LogP contribution in [0.25, 0.3) is 0 Å². The quantitative estimate of drug-likeness (QED) is 0.672. The predicted molar refractivity (Wildman–Crippen MR) is 90.9 cm³/mol. The Kier molecular flexibility index (Phi) is 7.34. The SMILES string of the molecule is COc1cc(CCNC(=O)COC(=O)c2ccsc2)ccc1OC(F)F. The summed E-state index contributed by atoms with van der Waals surface area (Å²) < 4.78 is 38.8. The Morgan fingerprint density at radius 2 is 2.04 bits per heavy atom. The molecule has 0 saturated heterocycles. The molecule has 1 amide bonds. The van der Waals surface area contributed by atoms with Crippen LogP contribution in [0.4, 0.5) is 8.78 Å². The minimum absolute atomic E-state index is 0.0596. The monoisotopic (exact) mass is 385 g/mol. The number of methoxy groups -OCH3 is 1. The minimum Gasteiger partial charge on any atom is -0.493 e. The van der Waals surface area contributed by atoms with Gasteiger partial charge in [-0.2, -0.15) is 20.1 Å². The zero-order valence-electron chi connectivity index (χ0n) is 13.9. The highest BCUT2D eigenvalue weighted by Crippen LogP contribution is 2.29. The second-order valence-electron chi connectivity index (χ2n) is 5.05. The molecular formula is C17H17F2NO5S. The lowest BCUT2D eigenvalue weighted by atomic mass is 10.1. The van der Waals surface area contributed by atoms with Crippen LogP contribution in [0.3, 0.4) is 0 Å². The fourth-order valence-electron chi connectivity index (χ4n) is 2.05. The number of carbonyl (C=O) groups excluding carboxylic acids is 2. The summed E-state index contributed by atoms with van der Waals surface area (Å²) in [5, 5.41) is 5.98. The Morgan fingerprint density at radius 1 is 1.23 bits per heavy atom. The van der Waals surface area contributed by atoms with Gasteiger partial charge in [0.25, 0.3) is 5.91 Å². The second kappa shape index (κ2) is 9.71. The van der Waals surface area contributed by atoms with Gasteiger partial charge in [-0.3, -0.25) is 4.79 Å². The van der Waals surface area contributed by atoms with E-state index in [-0.39, 0.29) is 24.7 Å². The van der Waals surface area contributed by atoms with Gasteiger partial charge in [-0.05, 0) is 35.6 Å². The van der Waals surface area contributed by atoms with Gasteiger partial charge in [0.2, 0.25) is 0 Å². The van der Waals surface area contributed by atoms with Crippen LogP contribution in [0, 0.1) is 0 Å². The Hall–Kier alpha value is -2.68. The van der Waals surface area contributed by atoms with Crippen LogP contribution < -0.4 is 14.8 Å². The number of amides is 1. The van der Waals surface area contributed by atoms with Gasteiger partial charge in [-0.1, -0.05) is 6.07 Å². The van der Waals surface area contributed by atoms with Crippen molar-refractivity contribution < 1.29 is 32.6 Å². The number of benzene rings is 1. The van der Waals surface area contributed by atoms with Crippen molar-refractivity contribution in [3.05, 3.63) is 46.2 Å². The van der Waals surface area contributed by atoms with Crippen molar-refractivity contribution in [2.24, 2.45) is 0 Å².